The van der Waals surface area contributed by atoms with E-state index in [1.807, 2.05) is 17.9 Å². The van der Waals surface area contributed by atoms with E-state index in [-0.39, 0.29) is 5.54 Å². The largest absolute Gasteiger partial charge is 0.315 e. The van der Waals surface area contributed by atoms with Crippen LogP contribution in [-0.2, 0) is 13.5 Å². The first kappa shape index (κ1) is 16.2. The molecule has 110 valence electrons. The first-order chi connectivity index (χ1) is 9.01. The first-order valence-corrected chi connectivity index (χ1v) is 7.41. The van der Waals surface area contributed by atoms with Crippen LogP contribution in [0.15, 0.2) is 12.4 Å². The van der Waals surface area contributed by atoms with Crippen molar-refractivity contribution in [2.45, 2.75) is 52.1 Å². The molecule has 0 aliphatic heterocycles. The fourth-order valence-corrected chi connectivity index (χ4v) is 3.08. The van der Waals surface area contributed by atoms with Crippen LogP contribution in [0.3, 0.4) is 0 Å². The van der Waals surface area contributed by atoms with E-state index in [1.165, 1.54) is 5.56 Å². The Bertz CT molecular complexity index is 370. The zero-order chi connectivity index (χ0) is 14.5. The molecule has 19 heavy (non-hydrogen) atoms. The van der Waals surface area contributed by atoms with Crippen LogP contribution >= 0.6 is 0 Å². The van der Waals surface area contributed by atoms with E-state index in [9.17, 15) is 0 Å². The summed E-state index contributed by atoms with van der Waals surface area (Å²) in [5, 5.41) is 7.79. The van der Waals surface area contributed by atoms with E-state index in [4.69, 9.17) is 0 Å². The second kappa shape index (κ2) is 7.06. The summed E-state index contributed by atoms with van der Waals surface area (Å²) >= 11 is 0. The third-order valence-corrected chi connectivity index (χ3v) is 4.50. The Morgan fingerprint density at radius 3 is 2.37 bits per heavy atom. The Morgan fingerprint density at radius 1 is 1.37 bits per heavy atom. The molecule has 0 saturated carbocycles. The molecule has 1 rings (SSSR count). The average molecular weight is 266 g/mol. The van der Waals surface area contributed by atoms with Crippen LogP contribution in [0.1, 0.15) is 39.7 Å². The van der Waals surface area contributed by atoms with Crippen molar-refractivity contribution in [3.8, 4) is 0 Å². The molecular formula is C15H30N4. The molecule has 1 N–H and O–H groups in total. The Hall–Kier alpha value is -0.870. The van der Waals surface area contributed by atoms with Gasteiger partial charge in [-0.2, -0.15) is 5.10 Å². The van der Waals surface area contributed by atoms with Gasteiger partial charge in [0.1, 0.15) is 0 Å². The molecular weight excluding hydrogens is 236 g/mol. The highest BCUT2D eigenvalue weighted by Gasteiger charge is 2.36. The van der Waals surface area contributed by atoms with Crippen molar-refractivity contribution < 1.29 is 0 Å². The zero-order valence-electron chi connectivity index (χ0n) is 13.4. The van der Waals surface area contributed by atoms with Crippen LogP contribution in [0.5, 0.6) is 0 Å². The molecule has 0 aromatic carbocycles. The molecule has 0 radical (unpaired) electrons. The number of rotatable bonds is 8. The van der Waals surface area contributed by atoms with Gasteiger partial charge in [0.2, 0.25) is 0 Å². The molecule has 1 aromatic rings. The van der Waals surface area contributed by atoms with Crippen LogP contribution in [0.4, 0.5) is 0 Å². The number of hydrogen-bond acceptors (Lipinski definition) is 3. The van der Waals surface area contributed by atoms with Gasteiger partial charge in [0.05, 0.1) is 6.20 Å². The Kier molecular flexibility index (Phi) is 6.01. The number of nitrogens with zero attached hydrogens (tertiary/aromatic N) is 3. The van der Waals surface area contributed by atoms with Crippen LogP contribution < -0.4 is 5.32 Å². The molecule has 1 aromatic heterocycles. The Morgan fingerprint density at radius 2 is 2.00 bits per heavy atom. The van der Waals surface area contributed by atoms with E-state index in [2.05, 4.69) is 56.3 Å². The summed E-state index contributed by atoms with van der Waals surface area (Å²) in [6, 6.07) is 0.432. The van der Waals surface area contributed by atoms with Crippen LogP contribution in [0.2, 0.25) is 0 Å². The van der Waals surface area contributed by atoms with Crippen molar-refractivity contribution >= 4 is 0 Å². The highest BCUT2D eigenvalue weighted by molar-refractivity contribution is 5.10. The lowest BCUT2D eigenvalue weighted by atomic mass is 9.84. The third-order valence-electron chi connectivity index (χ3n) is 4.50. The molecule has 0 spiro atoms. The molecule has 4 heteroatoms. The highest BCUT2D eigenvalue weighted by Crippen LogP contribution is 2.25. The predicted molar refractivity (Wildman–Crippen MR) is 81.4 cm³/mol. The van der Waals surface area contributed by atoms with Gasteiger partial charge in [-0.05, 0) is 45.5 Å². The minimum absolute atomic E-state index is 0.175. The van der Waals surface area contributed by atoms with Gasteiger partial charge in [0.15, 0.2) is 0 Å². The molecule has 0 bridgehead atoms. The minimum Gasteiger partial charge on any atom is -0.315 e. The SMILES string of the molecule is CCN(CC)C(C)(CC)C(Cc1cnn(C)c1)NC. The highest BCUT2D eigenvalue weighted by atomic mass is 15.2. The van der Waals surface area contributed by atoms with Gasteiger partial charge in [-0.25, -0.2) is 0 Å². The summed E-state index contributed by atoms with van der Waals surface area (Å²) in [5.74, 6) is 0. The van der Waals surface area contributed by atoms with Gasteiger partial charge in [-0.3, -0.25) is 9.58 Å². The smallest absolute Gasteiger partial charge is 0.0522 e. The number of nitrogens with one attached hydrogen (secondary N) is 1. The minimum atomic E-state index is 0.175. The fraction of sp³-hybridized carbons (Fsp3) is 0.800. The lowest BCUT2D eigenvalue weighted by molar-refractivity contribution is 0.0730. The third kappa shape index (κ3) is 3.57. The maximum Gasteiger partial charge on any atom is 0.0522 e. The summed E-state index contributed by atoms with van der Waals surface area (Å²) in [7, 11) is 4.04. The number of aryl methyl sites for hydroxylation is 1. The Labute approximate surface area is 118 Å². The summed E-state index contributed by atoms with van der Waals surface area (Å²) in [6.07, 6.45) is 6.25. The van der Waals surface area contributed by atoms with E-state index in [0.29, 0.717) is 6.04 Å². The second-order valence-corrected chi connectivity index (χ2v) is 5.45. The van der Waals surface area contributed by atoms with E-state index in [0.717, 1.165) is 25.9 Å². The first-order valence-electron chi connectivity index (χ1n) is 7.41. The Balaban J connectivity index is 2.91. The van der Waals surface area contributed by atoms with Crippen LogP contribution in [-0.4, -0.2) is 46.4 Å². The lowest BCUT2D eigenvalue weighted by Crippen LogP contribution is -2.59. The molecule has 0 fully saturated rings. The van der Waals surface area contributed by atoms with Gasteiger partial charge >= 0.3 is 0 Å². The standard InChI is InChI=1S/C15H30N4/c1-7-15(4,19(8-2)9-3)14(16-5)10-13-11-17-18(6)12-13/h11-12,14,16H,7-10H2,1-6H3. The van der Waals surface area contributed by atoms with Gasteiger partial charge in [0.25, 0.3) is 0 Å². The molecule has 0 saturated heterocycles. The van der Waals surface area contributed by atoms with Crippen molar-refractivity contribution in [3.63, 3.8) is 0 Å². The number of aromatic nitrogens is 2. The summed E-state index contributed by atoms with van der Waals surface area (Å²) in [4.78, 5) is 2.56. The second-order valence-electron chi connectivity index (χ2n) is 5.45. The summed E-state index contributed by atoms with van der Waals surface area (Å²) in [6.45, 7) is 11.3. The quantitative estimate of drug-likeness (QED) is 0.782. The normalized spacial score (nSPS) is 16.6. The van der Waals surface area contributed by atoms with Gasteiger partial charge < -0.3 is 5.32 Å². The van der Waals surface area contributed by atoms with E-state index in [1.54, 1.807) is 0 Å². The molecule has 2 atom stereocenters. The molecule has 0 aliphatic carbocycles. The molecule has 2 unspecified atom stereocenters. The average Bonchev–Trinajstić information content (AvgIpc) is 2.82. The predicted octanol–water partition coefficient (Wildman–Crippen LogP) is 2.06. The number of likely N-dealkylation sites (N-methyl/N-ethyl adjacent to an activating group) is 2. The lowest BCUT2D eigenvalue weighted by Gasteiger charge is -2.45. The van der Waals surface area contributed by atoms with Crippen LogP contribution in [0.25, 0.3) is 0 Å². The topological polar surface area (TPSA) is 33.1 Å². The molecule has 0 aliphatic rings. The molecule has 4 nitrogen and oxygen atoms in total. The van der Waals surface area contributed by atoms with Crippen molar-refractivity contribution in [1.82, 2.24) is 20.0 Å². The van der Waals surface area contributed by atoms with E-state index >= 15 is 0 Å². The maximum absolute atomic E-state index is 4.27. The van der Waals surface area contributed by atoms with Crippen molar-refractivity contribution in [3.05, 3.63) is 18.0 Å². The van der Waals surface area contributed by atoms with Crippen molar-refractivity contribution in [2.24, 2.45) is 7.05 Å². The fourth-order valence-electron chi connectivity index (χ4n) is 3.08. The number of hydrogen-bond donors (Lipinski definition) is 1. The molecule has 0 amide bonds. The monoisotopic (exact) mass is 266 g/mol. The summed E-state index contributed by atoms with van der Waals surface area (Å²) < 4.78 is 1.88. The van der Waals surface area contributed by atoms with Crippen molar-refractivity contribution in [1.29, 1.82) is 0 Å². The van der Waals surface area contributed by atoms with Crippen LogP contribution in [0, 0.1) is 0 Å². The van der Waals surface area contributed by atoms with Gasteiger partial charge in [0, 0.05) is 24.8 Å². The zero-order valence-corrected chi connectivity index (χ0v) is 13.4. The summed E-state index contributed by atoms with van der Waals surface area (Å²) in [5.41, 5.74) is 1.47. The van der Waals surface area contributed by atoms with E-state index < -0.39 is 0 Å². The van der Waals surface area contributed by atoms with Gasteiger partial charge in [-0.1, -0.05) is 20.8 Å². The van der Waals surface area contributed by atoms with Gasteiger partial charge in [-0.15, -0.1) is 0 Å². The molecule has 1 heterocycles. The maximum atomic E-state index is 4.27. The van der Waals surface area contributed by atoms with Crippen molar-refractivity contribution in [2.75, 3.05) is 20.1 Å².